The molecule has 108 valence electrons. The van der Waals surface area contributed by atoms with E-state index in [-0.39, 0.29) is 23.9 Å². The first kappa shape index (κ1) is 14.5. The standard InChI is InChI=1S/C15H21N3O2/c1-3-6-12-15(20)18(13(4-2)14(19)17-12)10-11-7-5-8-16-9-11/h5,7-9,12-13H,3-4,6,10H2,1-2H3,(H,17,19). The lowest BCUT2D eigenvalue weighted by atomic mass is 10.0. The minimum absolute atomic E-state index is 0.0159. The van der Waals surface area contributed by atoms with Crippen molar-refractivity contribution in [1.29, 1.82) is 0 Å². The number of hydrogen-bond acceptors (Lipinski definition) is 3. The molecular weight excluding hydrogens is 254 g/mol. The Labute approximate surface area is 119 Å². The van der Waals surface area contributed by atoms with Gasteiger partial charge in [-0.25, -0.2) is 0 Å². The molecule has 0 radical (unpaired) electrons. The number of carbonyl (C=O) groups excluding carboxylic acids is 2. The fraction of sp³-hybridized carbons (Fsp3) is 0.533. The Morgan fingerprint density at radius 2 is 2.15 bits per heavy atom. The molecule has 20 heavy (non-hydrogen) atoms. The number of pyridine rings is 1. The van der Waals surface area contributed by atoms with E-state index in [4.69, 9.17) is 0 Å². The van der Waals surface area contributed by atoms with Crippen LogP contribution in [-0.4, -0.2) is 33.8 Å². The molecule has 1 aromatic heterocycles. The first-order valence-electron chi connectivity index (χ1n) is 7.17. The molecular formula is C15H21N3O2. The summed E-state index contributed by atoms with van der Waals surface area (Å²) in [6.45, 7) is 4.38. The summed E-state index contributed by atoms with van der Waals surface area (Å²) in [4.78, 5) is 30.4. The van der Waals surface area contributed by atoms with Gasteiger partial charge in [0.05, 0.1) is 0 Å². The molecule has 0 aromatic carbocycles. The van der Waals surface area contributed by atoms with E-state index in [1.807, 2.05) is 26.0 Å². The van der Waals surface area contributed by atoms with E-state index >= 15 is 0 Å². The van der Waals surface area contributed by atoms with E-state index in [0.29, 0.717) is 19.4 Å². The van der Waals surface area contributed by atoms with Crippen molar-refractivity contribution in [2.24, 2.45) is 0 Å². The zero-order valence-corrected chi connectivity index (χ0v) is 12.0. The van der Waals surface area contributed by atoms with Crippen molar-refractivity contribution in [2.45, 2.75) is 51.7 Å². The van der Waals surface area contributed by atoms with Gasteiger partial charge in [-0.15, -0.1) is 0 Å². The minimum atomic E-state index is -0.382. The lowest BCUT2D eigenvalue weighted by Gasteiger charge is -2.38. The average molecular weight is 275 g/mol. The van der Waals surface area contributed by atoms with E-state index in [1.165, 1.54) is 0 Å². The Morgan fingerprint density at radius 1 is 1.35 bits per heavy atom. The first-order valence-corrected chi connectivity index (χ1v) is 7.17. The topological polar surface area (TPSA) is 62.3 Å². The van der Waals surface area contributed by atoms with Crippen molar-refractivity contribution < 1.29 is 9.59 Å². The Kier molecular flexibility index (Phi) is 4.71. The van der Waals surface area contributed by atoms with Crippen LogP contribution < -0.4 is 5.32 Å². The maximum Gasteiger partial charge on any atom is 0.246 e. The van der Waals surface area contributed by atoms with Crippen LogP contribution in [0.2, 0.25) is 0 Å². The average Bonchev–Trinajstić information content (AvgIpc) is 2.46. The molecule has 1 aromatic rings. The lowest BCUT2D eigenvalue weighted by molar-refractivity contribution is -0.150. The first-order chi connectivity index (χ1) is 9.67. The number of nitrogens with one attached hydrogen (secondary N) is 1. The van der Waals surface area contributed by atoms with Crippen LogP contribution in [0, 0.1) is 0 Å². The maximum atomic E-state index is 12.5. The summed E-state index contributed by atoms with van der Waals surface area (Å²) >= 11 is 0. The summed E-state index contributed by atoms with van der Waals surface area (Å²) in [7, 11) is 0. The predicted octanol–water partition coefficient (Wildman–Crippen LogP) is 1.49. The van der Waals surface area contributed by atoms with Crippen molar-refractivity contribution >= 4 is 11.8 Å². The highest BCUT2D eigenvalue weighted by Crippen LogP contribution is 2.18. The SMILES string of the molecule is CCCC1NC(=O)C(CC)N(Cc2cccnc2)C1=O. The van der Waals surface area contributed by atoms with E-state index < -0.39 is 0 Å². The molecule has 1 N–H and O–H groups in total. The van der Waals surface area contributed by atoms with Crippen LogP contribution in [0.3, 0.4) is 0 Å². The Balaban J connectivity index is 2.20. The van der Waals surface area contributed by atoms with Crippen LogP contribution >= 0.6 is 0 Å². The van der Waals surface area contributed by atoms with Crippen LogP contribution in [0.15, 0.2) is 24.5 Å². The molecule has 1 saturated heterocycles. The van der Waals surface area contributed by atoms with Crippen LogP contribution in [-0.2, 0) is 16.1 Å². The van der Waals surface area contributed by atoms with E-state index in [9.17, 15) is 9.59 Å². The number of rotatable bonds is 5. The number of aromatic nitrogens is 1. The molecule has 5 nitrogen and oxygen atoms in total. The zero-order chi connectivity index (χ0) is 14.5. The summed E-state index contributed by atoms with van der Waals surface area (Å²) in [5.41, 5.74) is 0.948. The minimum Gasteiger partial charge on any atom is -0.343 e. The fourth-order valence-electron chi connectivity index (χ4n) is 2.59. The van der Waals surface area contributed by atoms with E-state index in [2.05, 4.69) is 10.3 Å². The van der Waals surface area contributed by atoms with Gasteiger partial charge in [0.2, 0.25) is 11.8 Å². The second-order valence-corrected chi connectivity index (χ2v) is 5.10. The quantitative estimate of drug-likeness (QED) is 0.885. The molecule has 0 aliphatic carbocycles. The second-order valence-electron chi connectivity index (χ2n) is 5.10. The van der Waals surface area contributed by atoms with Crippen LogP contribution in [0.4, 0.5) is 0 Å². The van der Waals surface area contributed by atoms with Gasteiger partial charge >= 0.3 is 0 Å². The smallest absolute Gasteiger partial charge is 0.246 e. The number of nitrogens with zero attached hydrogens (tertiary/aromatic N) is 2. The van der Waals surface area contributed by atoms with Crippen molar-refractivity contribution in [3.8, 4) is 0 Å². The van der Waals surface area contributed by atoms with Crippen LogP contribution in [0.1, 0.15) is 38.7 Å². The normalized spacial score (nSPS) is 22.8. The summed E-state index contributed by atoms with van der Waals surface area (Å²) in [6.07, 6.45) is 5.61. The monoisotopic (exact) mass is 275 g/mol. The third-order valence-electron chi connectivity index (χ3n) is 3.62. The number of piperazine rings is 1. The number of hydrogen-bond donors (Lipinski definition) is 1. The molecule has 1 aliphatic rings. The van der Waals surface area contributed by atoms with Crippen LogP contribution in [0.25, 0.3) is 0 Å². The summed E-state index contributed by atoms with van der Waals surface area (Å²) in [6, 6.07) is 3.01. The molecule has 2 rings (SSSR count). The summed E-state index contributed by atoms with van der Waals surface area (Å²) in [5, 5.41) is 2.84. The molecule has 0 saturated carbocycles. The van der Waals surface area contributed by atoms with Crippen molar-refractivity contribution in [2.75, 3.05) is 0 Å². The van der Waals surface area contributed by atoms with Crippen molar-refractivity contribution in [3.05, 3.63) is 30.1 Å². The zero-order valence-electron chi connectivity index (χ0n) is 12.0. The van der Waals surface area contributed by atoms with Gasteiger partial charge in [0, 0.05) is 18.9 Å². The van der Waals surface area contributed by atoms with Crippen molar-refractivity contribution in [3.63, 3.8) is 0 Å². The Morgan fingerprint density at radius 3 is 2.75 bits per heavy atom. The Hall–Kier alpha value is -1.91. The Bertz CT molecular complexity index is 475. The molecule has 5 heteroatoms. The van der Waals surface area contributed by atoms with Gasteiger partial charge in [0.1, 0.15) is 12.1 Å². The van der Waals surface area contributed by atoms with Gasteiger partial charge in [0.15, 0.2) is 0 Å². The summed E-state index contributed by atoms with van der Waals surface area (Å²) < 4.78 is 0. The molecule has 2 amide bonds. The van der Waals surface area contributed by atoms with Gasteiger partial charge in [0.25, 0.3) is 0 Å². The summed E-state index contributed by atoms with van der Waals surface area (Å²) in [5.74, 6) is -0.0309. The molecule has 2 heterocycles. The highest BCUT2D eigenvalue weighted by Gasteiger charge is 2.38. The highest BCUT2D eigenvalue weighted by molar-refractivity contribution is 5.96. The van der Waals surface area contributed by atoms with Gasteiger partial charge in [-0.2, -0.15) is 0 Å². The molecule has 2 atom stereocenters. The molecule has 1 aliphatic heterocycles. The third-order valence-corrected chi connectivity index (χ3v) is 3.62. The maximum absolute atomic E-state index is 12.5. The molecule has 2 unspecified atom stereocenters. The van der Waals surface area contributed by atoms with E-state index in [1.54, 1.807) is 17.3 Å². The molecule has 1 fully saturated rings. The van der Waals surface area contributed by atoms with Gasteiger partial charge in [-0.05, 0) is 24.5 Å². The van der Waals surface area contributed by atoms with Gasteiger partial charge in [-0.3, -0.25) is 14.6 Å². The molecule has 0 spiro atoms. The second kappa shape index (κ2) is 6.50. The predicted molar refractivity (Wildman–Crippen MR) is 75.7 cm³/mol. The highest BCUT2D eigenvalue weighted by atomic mass is 16.2. The van der Waals surface area contributed by atoms with Gasteiger partial charge in [-0.1, -0.05) is 26.3 Å². The lowest BCUT2D eigenvalue weighted by Crippen LogP contribution is -2.62. The van der Waals surface area contributed by atoms with Gasteiger partial charge < -0.3 is 10.2 Å². The fourth-order valence-corrected chi connectivity index (χ4v) is 2.59. The number of carbonyl (C=O) groups is 2. The number of amides is 2. The molecule has 0 bridgehead atoms. The van der Waals surface area contributed by atoms with E-state index in [0.717, 1.165) is 12.0 Å². The van der Waals surface area contributed by atoms with Crippen LogP contribution in [0.5, 0.6) is 0 Å². The third kappa shape index (κ3) is 2.98. The largest absolute Gasteiger partial charge is 0.343 e. The van der Waals surface area contributed by atoms with Crippen molar-refractivity contribution in [1.82, 2.24) is 15.2 Å².